The lowest BCUT2D eigenvalue weighted by Gasteiger charge is -2.14. The van der Waals surface area contributed by atoms with E-state index in [1.54, 1.807) is 13.8 Å². The molecule has 0 bridgehead atoms. The average Bonchev–Trinajstić information content (AvgIpc) is 2.31. The summed E-state index contributed by atoms with van der Waals surface area (Å²) in [5.74, 6) is -2.79. The van der Waals surface area contributed by atoms with E-state index < -0.39 is 23.5 Å². The van der Waals surface area contributed by atoms with Crippen molar-refractivity contribution in [2.45, 2.75) is 19.8 Å². The van der Waals surface area contributed by atoms with Gasteiger partial charge in [0.15, 0.2) is 11.6 Å². The fourth-order valence-corrected chi connectivity index (χ4v) is 1.38. The molecule has 0 aliphatic heterocycles. The lowest BCUT2D eigenvalue weighted by Crippen LogP contribution is -2.12. The maximum atomic E-state index is 13.0. The highest BCUT2D eigenvalue weighted by Gasteiger charge is 2.18. The molecule has 0 aliphatic carbocycles. The summed E-state index contributed by atoms with van der Waals surface area (Å²) in [6.07, 6.45) is 0. The Morgan fingerprint density at radius 2 is 2.06 bits per heavy atom. The molecule has 0 aromatic heterocycles. The van der Waals surface area contributed by atoms with Crippen molar-refractivity contribution in [3.8, 4) is 0 Å². The molecule has 0 spiro atoms. The smallest absolute Gasteiger partial charge is 0.334 e. The van der Waals surface area contributed by atoms with E-state index >= 15 is 0 Å². The highest BCUT2D eigenvalue weighted by molar-refractivity contribution is 5.89. The van der Waals surface area contributed by atoms with E-state index in [0.717, 1.165) is 12.1 Å². The highest BCUT2D eigenvalue weighted by Crippen LogP contribution is 2.24. The number of ether oxygens (including phenoxy) is 1. The van der Waals surface area contributed by atoms with Crippen molar-refractivity contribution in [1.82, 2.24) is 0 Å². The predicted molar refractivity (Wildman–Crippen MR) is 60.5 cm³/mol. The molecule has 0 heterocycles. The van der Waals surface area contributed by atoms with Crippen LogP contribution in [0.2, 0.25) is 0 Å². The Hall–Kier alpha value is -1.71. The van der Waals surface area contributed by atoms with E-state index in [9.17, 15) is 13.6 Å². The Bertz CT molecular complexity index is 441. The first-order valence-electron chi connectivity index (χ1n) is 5.28. The van der Waals surface area contributed by atoms with Crippen LogP contribution in [-0.4, -0.2) is 12.6 Å². The van der Waals surface area contributed by atoms with Crippen molar-refractivity contribution in [2.24, 2.45) is 0 Å². The predicted octanol–water partition coefficient (Wildman–Crippen LogP) is 3.19. The summed E-state index contributed by atoms with van der Waals surface area (Å²) in [5, 5.41) is 0. The van der Waals surface area contributed by atoms with Crippen LogP contribution in [0.3, 0.4) is 0 Å². The molecule has 1 unspecified atom stereocenters. The fraction of sp³-hybridized carbons (Fsp3) is 0.308. The van der Waals surface area contributed by atoms with Crippen LogP contribution in [0.4, 0.5) is 8.78 Å². The van der Waals surface area contributed by atoms with Crippen LogP contribution in [0.25, 0.3) is 0 Å². The van der Waals surface area contributed by atoms with Crippen molar-refractivity contribution in [3.63, 3.8) is 0 Å². The molecule has 1 aromatic rings. The largest absolute Gasteiger partial charge is 0.463 e. The van der Waals surface area contributed by atoms with Gasteiger partial charge in [-0.05, 0) is 24.6 Å². The molecule has 17 heavy (non-hydrogen) atoms. The second kappa shape index (κ2) is 5.57. The summed E-state index contributed by atoms with van der Waals surface area (Å²) < 4.78 is 30.6. The van der Waals surface area contributed by atoms with Gasteiger partial charge in [0.2, 0.25) is 0 Å². The molecule has 0 fully saturated rings. The molecule has 92 valence electrons. The van der Waals surface area contributed by atoms with Crippen LogP contribution in [0.15, 0.2) is 30.4 Å². The number of carbonyl (C=O) groups is 1. The lowest BCUT2D eigenvalue weighted by atomic mass is 9.94. The van der Waals surface area contributed by atoms with E-state index in [1.165, 1.54) is 6.07 Å². The van der Waals surface area contributed by atoms with E-state index in [0.29, 0.717) is 5.56 Å². The molecule has 4 heteroatoms. The Labute approximate surface area is 98.9 Å². The summed E-state index contributed by atoms with van der Waals surface area (Å²) >= 11 is 0. The third kappa shape index (κ3) is 3.12. The topological polar surface area (TPSA) is 26.3 Å². The Morgan fingerprint density at radius 1 is 1.41 bits per heavy atom. The number of benzene rings is 1. The number of halogens is 2. The SMILES string of the molecule is C=C(C(=O)OCC)C(C)c1ccc(F)c(F)c1. The highest BCUT2D eigenvalue weighted by atomic mass is 19.2. The Morgan fingerprint density at radius 3 is 2.59 bits per heavy atom. The van der Waals surface area contributed by atoms with Crippen molar-refractivity contribution in [1.29, 1.82) is 0 Å². The van der Waals surface area contributed by atoms with Crippen molar-refractivity contribution in [3.05, 3.63) is 47.5 Å². The maximum Gasteiger partial charge on any atom is 0.334 e. The molecule has 1 rings (SSSR count). The van der Waals surface area contributed by atoms with Gasteiger partial charge in [-0.25, -0.2) is 13.6 Å². The van der Waals surface area contributed by atoms with Crippen LogP contribution in [0.5, 0.6) is 0 Å². The van der Waals surface area contributed by atoms with Gasteiger partial charge >= 0.3 is 5.97 Å². The number of esters is 1. The second-order valence-electron chi connectivity index (χ2n) is 3.64. The third-order valence-electron chi connectivity index (χ3n) is 2.50. The zero-order valence-electron chi connectivity index (χ0n) is 9.80. The van der Waals surface area contributed by atoms with Crippen LogP contribution in [0, 0.1) is 11.6 Å². The van der Waals surface area contributed by atoms with Gasteiger partial charge in [0.1, 0.15) is 0 Å². The summed E-state index contributed by atoms with van der Waals surface area (Å²) in [6.45, 7) is 7.24. The van der Waals surface area contributed by atoms with E-state index in [1.807, 2.05) is 0 Å². The Balaban J connectivity index is 2.88. The average molecular weight is 240 g/mol. The van der Waals surface area contributed by atoms with Crippen LogP contribution in [-0.2, 0) is 9.53 Å². The van der Waals surface area contributed by atoms with Crippen molar-refractivity contribution >= 4 is 5.97 Å². The first-order chi connectivity index (χ1) is 7.97. The van der Waals surface area contributed by atoms with Gasteiger partial charge in [0.05, 0.1) is 6.61 Å². The standard InChI is InChI=1S/C13H14F2O2/c1-4-17-13(16)9(3)8(2)10-5-6-11(14)12(15)7-10/h5-8H,3-4H2,1-2H3. The molecular formula is C13H14F2O2. The summed E-state index contributed by atoms with van der Waals surface area (Å²) in [4.78, 5) is 11.4. The van der Waals surface area contributed by atoms with Gasteiger partial charge < -0.3 is 4.74 Å². The molecule has 0 saturated heterocycles. The van der Waals surface area contributed by atoms with Gasteiger partial charge in [-0.1, -0.05) is 19.6 Å². The third-order valence-corrected chi connectivity index (χ3v) is 2.50. The van der Waals surface area contributed by atoms with Gasteiger partial charge in [-0.3, -0.25) is 0 Å². The fourth-order valence-electron chi connectivity index (χ4n) is 1.38. The summed E-state index contributed by atoms with van der Waals surface area (Å²) in [6, 6.07) is 3.51. The first-order valence-corrected chi connectivity index (χ1v) is 5.28. The summed E-state index contributed by atoms with van der Waals surface area (Å²) in [7, 11) is 0. The second-order valence-corrected chi connectivity index (χ2v) is 3.64. The molecule has 0 aliphatic rings. The van der Waals surface area contributed by atoms with Gasteiger partial charge in [0.25, 0.3) is 0 Å². The monoisotopic (exact) mass is 240 g/mol. The van der Waals surface area contributed by atoms with E-state index in [-0.39, 0.29) is 12.2 Å². The van der Waals surface area contributed by atoms with Crippen LogP contribution in [0.1, 0.15) is 25.3 Å². The zero-order valence-corrected chi connectivity index (χ0v) is 9.80. The van der Waals surface area contributed by atoms with Gasteiger partial charge in [0, 0.05) is 11.5 Å². The zero-order chi connectivity index (χ0) is 13.0. The minimum absolute atomic E-state index is 0.220. The molecule has 1 atom stereocenters. The first kappa shape index (κ1) is 13.4. The lowest BCUT2D eigenvalue weighted by molar-refractivity contribution is -0.138. The van der Waals surface area contributed by atoms with Crippen molar-refractivity contribution in [2.75, 3.05) is 6.61 Å². The molecule has 0 saturated carbocycles. The minimum atomic E-state index is -0.939. The van der Waals surface area contributed by atoms with Gasteiger partial charge in [-0.15, -0.1) is 0 Å². The molecule has 2 nitrogen and oxygen atoms in total. The number of hydrogen-bond acceptors (Lipinski definition) is 2. The van der Waals surface area contributed by atoms with Crippen LogP contribution >= 0.6 is 0 Å². The maximum absolute atomic E-state index is 13.0. The quantitative estimate of drug-likeness (QED) is 0.596. The van der Waals surface area contributed by atoms with Gasteiger partial charge in [-0.2, -0.15) is 0 Å². The molecule has 0 amide bonds. The van der Waals surface area contributed by atoms with Crippen molar-refractivity contribution < 1.29 is 18.3 Å². The molecule has 0 radical (unpaired) electrons. The number of hydrogen-bond donors (Lipinski definition) is 0. The van der Waals surface area contributed by atoms with E-state index in [4.69, 9.17) is 4.74 Å². The normalized spacial score (nSPS) is 12.0. The molecular weight excluding hydrogens is 226 g/mol. The van der Waals surface area contributed by atoms with E-state index in [2.05, 4.69) is 6.58 Å². The molecule has 1 aromatic carbocycles. The minimum Gasteiger partial charge on any atom is -0.463 e. The number of carbonyl (C=O) groups excluding carboxylic acids is 1. The Kier molecular flexibility index (Phi) is 4.37. The van der Waals surface area contributed by atoms with Crippen LogP contribution < -0.4 is 0 Å². The number of rotatable bonds is 4. The summed E-state index contributed by atoms with van der Waals surface area (Å²) in [5.41, 5.74) is 0.708. The molecule has 0 N–H and O–H groups in total.